The van der Waals surface area contributed by atoms with E-state index in [2.05, 4.69) is 0 Å². The van der Waals surface area contributed by atoms with Crippen molar-refractivity contribution >= 4 is 12.0 Å². The second-order valence-electron chi connectivity index (χ2n) is 4.88. The molecule has 2 aromatic carbocycles. The molecule has 2 rings (SSSR count). The van der Waals surface area contributed by atoms with Gasteiger partial charge in [0.25, 0.3) is 0 Å². The molecule has 0 bridgehead atoms. The highest BCUT2D eigenvalue weighted by Gasteiger charge is 2.05. The van der Waals surface area contributed by atoms with E-state index in [0.717, 1.165) is 11.1 Å². The first kappa shape index (κ1) is 15.0. The lowest BCUT2D eigenvalue weighted by Crippen LogP contribution is -2.27. The predicted octanol–water partition coefficient (Wildman–Crippen LogP) is 3.54. The highest BCUT2D eigenvalue weighted by molar-refractivity contribution is 5.91. The summed E-state index contributed by atoms with van der Waals surface area (Å²) in [5, 5.41) is 0. The summed E-state index contributed by atoms with van der Waals surface area (Å²) >= 11 is 0. The van der Waals surface area contributed by atoms with E-state index >= 15 is 0 Å². The molecule has 21 heavy (non-hydrogen) atoms. The number of halogens is 1. The van der Waals surface area contributed by atoms with Crippen LogP contribution in [0.25, 0.3) is 6.08 Å². The van der Waals surface area contributed by atoms with Crippen LogP contribution >= 0.6 is 0 Å². The maximum absolute atomic E-state index is 12.8. The topological polar surface area (TPSA) is 20.3 Å². The lowest BCUT2D eigenvalue weighted by Gasteiger charge is -2.15. The van der Waals surface area contributed by atoms with E-state index in [1.807, 2.05) is 30.3 Å². The van der Waals surface area contributed by atoms with Crippen LogP contribution in [0.5, 0.6) is 0 Å². The second kappa shape index (κ2) is 7.39. The zero-order chi connectivity index (χ0) is 15.1. The van der Waals surface area contributed by atoms with Gasteiger partial charge in [0.05, 0.1) is 0 Å². The predicted molar refractivity (Wildman–Crippen MR) is 83.2 cm³/mol. The lowest BCUT2D eigenvalue weighted by atomic mass is 10.1. The highest BCUT2D eigenvalue weighted by atomic mass is 19.1. The fraction of sp³-hybridized carbons (Fsp3) is 0.167. The van der Waals surface area contributed by atoms with Gasteiger partial charge in [-0.15, -0.1) is 0 Å². The molecule has 2 aromatic rings. The molecule has 0 radical (unpaired) electrons. The first-order valence-electron chi connectivity index (χ1n) is 6.88. The maximum atomic E-state index is 12.8. The lowest BCUT2D eigenvalue weighted by molar-refractivity contribution is -0.124. The van der Waals surface area contributed by atoms with Crippen LogP contribution in [-0.2, 0) is 11.2 Å². The number of hydrogen-bond donors (Lipinski definition) is 0. The van der Waals surface area contributed by atoms with Gasteiger partial charge in [0.1, 0.15) is 5.82 Å². The number of nitrogens with zero attached hydrogens (tertiary/aromatic N) is 1. The molecule has 0 aliphatic heterocycles. The third-order valence-corrected chi connectivity index (χ3v) is 3.24. The molecule has 0 aliphatic rings. The Kier molecular flexibility index (Phi) is 5.27. The van der Waals surface area contributed by atoms with Crippen LogP contribution in [0.15, 0.2) is 60.7 Å². The number of carbonyl (C=O) groups excluding carboxylic acids is 1. The Hall–Kier alpha value is -2.42. The molecule has 1 amide bonds. The number of likely N-dealkylation sites (N-methyl/N-ethyl adjacent to an activating group) is 1. The van der Waals surface area contributed by atoms with Crippen LogP contribution in [0.1, 0.15) is 11.1 Å². The molecule has 0 spiro atoms. The Morgan fingerprint density at radius 1 is 1.10 bits per heavy atom. The van der Waals surface area contributed by atoms with Crippen molar-refractivity contribution in [1.29, 1.82) is 0 Å². The minimum absolute atomic E-state index is 0.0408. The molecule has 3 heteroatoms. The molecule has 0 fully saturated rings. The van der Waals surface area contributed by atoms with E-state index in [1.165, 1.54) is 12.1 Å². The SMILES string of the molecule is CN(CCc1ccc(F)cc1)C(=O)/C=C/c1ccccc1. The van der Waals surface area contributed by atoms with Crippen LogP contribution in [0.4, 0.5) is 4.39 Å². The largest absolute Gasteiger partial charge is 0.342 e. The minimum Gasteiger partial charge on any atom is -0.342 e. The van der Waals surface area contributed by atoms with Crippen molar-refractivity contribution in [1.82, 2.24) is 4.90 Å². The summed E-state index contributed by atoms with van der Waals surface area (Å²) in [4.78, 5) is 13.6. The average molecular weight is 283 g/mol. The number of carbonyl (C=O) groups is 1. The third-order valence-electron chi connectivity index (χ3n) is 3.24. The van der Waals surface area contributed by atoms with E-state index in [4.69, 9.17) is 0 Å². The number of hydrogen-bond acceptors (Lipinski definition) is 1. The van der Waals surface area contributed by atoms with Gasteiger partial charge in [-0.3, -0.25) is 4.79 Å². The van der Waals surface area contributed by atoms with Gasteiger partial charge in [-0.25, -0.2) is 4.39 Å². The molecule has 0 atom stereocenters. The van der Waals surface area contributed by atoms with Crippen molar-refractivity contribution in [2.45, 2.75) is 6.42 Å². The van der Waals surface area contributed by atoms with Crippen molar-refractivity contribution in [3.05, 3.63) is 77.6 Å². The van der Waals surface area contributed by atoms with Crippen LogP contribution in [0, 0.1) is 5.82 Å². The third kappa shape index (κ3) is 4.88. The zero-order valence-corrected chi connectivity index (χ0v) is 12.0. The van der Waals surface area contributed by atoms with Gasteiger partial charge in [0.15, 0.2) is 0 Å². The van der Waals surface area contributed by atoms with Crippen molar-refractivity contribution in [2.75, 3.05) is 13.6 Å². The van der Waals surface area contributed by atoms with E-state index in [0.29, 0.717) is 13.0 Å². The molecule has 0 aliphatic carbocycles. The highest BCUT2D eigenvalue weighted by Crippen LogP contribution is 2.05. The molecular formula is C18H18FNO. The second-order valence-corrected chi connectivity index (χ2v) is 4.88. The summed E-state index contributed by atoms with van der Waals surface area (Å²) in [5.74, 6) is -0.282. The number of rotatable bonds is 5. The Bertz CT molecular complexity index is 605. The molecule has 2 nitrogen and oxygen atoms in total. The summed E-state index contributed by atoms with van der Waals surface area (Å²) in [6.45, 7) is 0.601. The maximum Gasteiger partial charge on any atom is 0.246 e. The fourth-order valence-electron chi connectivity index (χ4n) is 1.92. The van der Waals surface area contributed by atoms with Gasteiger partial charge in [0.2, 0.25) is 5.91 Å². The van der Waals surface area contributed by atoms with Crippen LogP contribution in [-0.4, -0.2) is 24.4 Å². The van der Waals surface area contributed by atoms with Gasteiger partial charge < -0.3 is 4.90 Å². The van der Waals surface area contributed by atoms with Crippen molar-refractivity contribution in [3.8, 4) is 0 Å². The molecule has 0 heterocycles. The summed E-state index contributed by atoms with van der Waals surface area (Å²) < 4.78 is 12.8. The molecule has 108 valence electrons. The van der Waals surface area contributed by atoms with Crippen molar-refractivity contribution in [3.63, 3.8) is 0 Å². The molecule has 0 aromatic heterocycles. The Morgan fingerprint density at radius 2 is 1.76 bits per heavy atom. The van der Waals surface area contributed by atoms with Gasteiger partial charge in [-0.2, -0.15) is 0 Å². The van der Waals surface area contributed by atoms with Gasteiger partial charge in [-0.1, -0.05) is 42.5 Å². The van der Waals surface area contributed by atoms with Crippen LogP contribution < -0.4 is 0 Å². The Morgan fingerprint density at radius 3 is 2.43 bits per heavy atom. The molecule has 0 N–H and O–H groups in total. The van der Waals surface area contributed by atoms with E-state index in [-0.39, 0.29) is 11.7 Å². The normalized spacial score (nSPS) is 10.8. The first-order chi connectivity index (χ1) is 10.1. The van der Waals surface area contributed by atoms with E-state index < -0.39 is 0 Å². The number of benzene rings is 2. The average Bonchev–Trinajstić information content (AvgIpc) is 2.52. The summed E-state index contributed by atoms with van der Waals surface area (Å²) in [5.41, 5.74) is 2.01. The standard InChI is InChI=1S/C18H18FNO/c1-20(14-13-16-7-10-17(19)11-8-16)18(21)12-9-15-5-3-2-4-6-15/h2-12H,13-14H2,1H3/b12-9+. The van der Waals surface area contributed by atoms with Crippen molar-refractivity contribution < 1.29 is 9.18 Å². The quantitative estimate of drug-likeness (QED) is 0.769. The Balaban J connectivity index is 1.85. The van der Waals surface area contributed by atoms with Crippen LogP contribution in [0.3, 0.4) is 0 Å². The minimum atomic E-state index is -0.242. The molecule has 0 saturated heterocycles. The molecule has 0 saturated carbocycles. The van der Waals surface area contributed by atoms with Gasteiger partial charge >= 0.3 is 0 Å². The molecular weight excluding hydrogens is 265 g/mol. The van der Waals surface area contributed by atoms with E-state index in [1.54, 1.807) is 36.2 Å². The summed E-state index contributed by atoms with van der Waals surface area (Å²) in [7, 11) is 1.77. The molecule has 0 unspecified atom stereocenters. The summed E-state index contributed by atoms with van der Waals surface area (Å²) in [6, 6.07) is 16.1. The van der Waals surface area contributed by atoms with Gasteiger partial charge in [-0.05, 0) is 35.8 Å². The number of amides is 1. The summed E-state index contributed by atoms with van der Waals surface area (Å²) in [6.07, 6.45) is 4.08. The van der Waals surface area contributed by atoms with Crippen LogP contribution in [0.2, 0.25) is 0 Å². The van der Waals surface area contributed by atoms with Crippen molar-refractivity contribution in [2.24, 2.45) is 0 Å². The first-order valence-corrected chi connectivity index (χ1v) is 6.88. The fourth-order valence-corrected chi connectivity index (χ4v) is 1.92. The van der Waals surface area contributed by atoms with E-state index in [9.17, 15) is 9.18 Å². The smallest absolute Gasteiger partial charge is 0.246 e. The zero-order valence-electron chi connectivity index (χ0n) is 12.0. The Labute approximate surface area is 124 Å². The monoisotopic (exact) mass is 283 g/mol. The van der Waals surface area contributed by atoms with Gasteiger partial charge in [0, 0.05) is 19.7 Å².